The molecule has 1 heterocycles. The molecule has 0 aromatic rings. The van der Waals surface area contributed by atoms with Crippen LogP contribution in [0.1, 0.15) is 33.1 Å². The van der Waals surface area contributed by atoms with Gasteiger partial charge in [-0.3, -0.25) is 9.59 Å². The first kappa shape index (κ1) is 13.4. The van der Waals surface area contributed by atoms with Crippen molar-refractivity contribution in [1.82, 2.24) is 4.90 Å². The van der Waals surface area contributed by atoms with Crippen LogP contribution in [0.3, 0.4) is 0 Å². The number of nitrogens with zero attached hydrogens (tertiary/aromatic N) is 1. The van der Waals surface area contributed by atoms with Gasteiger partial charge in [0, 0.05) is 36.4 Å². The summed E-state index contributed by atoms with van der Waals surface area (Å²) in [5.41, 5.74) is 0. The number of carboxylic acid groups (broad SMARTS) is 1. The molecular formula is C11H19NO3S. The van der Waals surface area contributed by atoms with Gasteiger partial charge in [-0.15, -0.1) is 0 Å². The van der Waals surface area contributed by atoms with Crippen molar-refractivity contribution in [3.8, 4) is 0 Å². The maximum absolute atomic E-state index is 11.8. The van der Waals surface area contributed by atoms with Gasteiger partial charge in [-0.05, 0) is 20.3 Å². The van der Waals surface area contributed by atoms with Gasteiger partial charge < -0.3 is 10.0 Å². The predicted molar refractivity (Wildman–Crippen MR) is 64.6 cm³/mol. The van der Waals surface area contributed by atoms with E-state index < -0.39 is 5.97 Å². The first-order valence-corrected chi connectivity index (χ1v) is 6.53. The molecule has 0 radical (unpaired) electrons. The highest BCUT2D eigenvalue weighted by molar-refractivity contribution is 8.00. The summed E-state index contributed by atoms with van der Waals surface area (Å²) in [6.45, 7) is 5.83. The fraction of sp³-hybridized carbons (Fsp3) is 0.818. The Labute approximate surface area is 100 Å². The van der Waals surface area contributed by atoms with E-state index >= 15 is 0 Å². The monoisotopic (exact) mass is 245 g/mol. The molecule has 1 amide bonds. The number of amides is 1. The Morgan fingerprint density at radius 2 is 2.06 bits per heavy atom. The van der Waals surface area contributed by atoms with Gasteiger partial charge in [0.25, 0.3) is 0 Å². The molecule has 0 aromatic carbocycles. The van der Waals surface area contributed by atoms with Crippen molar-refractivity contribution in [3.05, 3.63) is 0 Å². The van der Waals surface area contributed by atoms with E-state index in [1.54, 1.807) is 0 Å². The van der Waals surface area contributed by atoms with Crippen molar-refractivity contribution in [2.75, 3.05) is 18.8 Å². The van der Waals surface area contributed by atoms with Crippen LogP contribution in [0, 0.1) is 0 Å². The standard InChI is InChI=1S/C11H19NO3S/c1-11(2)8-12(6-7-16-11)9(13)4-3-5-10(14)15/h3-8H2,1-2H3,(H,14,15). The summed E-state index contributed by atoms with van der Waals surface area (Å²) in [6, 6.07) is 0. The second kappa shape index (κ2) is 5.57. The summed E-state index contributed by atoms with van der Waals surface area (Å²) < 4.78 is 0.126. The maximum Gasteiger partial charge on any atom is 0.303 e. The Morgan fingerprint density at radius 3 is 2.62 bits per heavy atom. The summed E-state index contributed by atoms with van der Waals surface area (Å²) in [5, 5.41) is 8.49. The molecule has 1 rings (SSSR count). The number of hydrogen-bond donors (Lipinski definition) is 1. The number of aliphatic carboxylic acids is 1. The number of hydrogen-bond acceptors (Lipinski definition) is 3. The van der Waals surface area contributed by atoms with Crippen LogP contribution in [0.4, 0.5) is 0 Å². The van der Waals surface area contributed by atoms with Crippen molar-refractivity contribution < 1.29 is 14.7 Å². The second-order valence-corrected chi connectivity index (χ2v) is 6.47. The molecule has 0 saturated carbocycles. The van der Waals surface area contributed by atoms with Crippen LogP contribution in [0.2, 0.25) is 0 Å². The van der Waals surface area contributed by atoms with Gasteiger partial charge in [0.15, 0.2) is 0 Å². The fourth-order valence-corrected chi connectivity index (χ4v) is 2.89. The Bertz CT molecular complexity index is 278. The zero-order chi connectivity index (χ0) is 12.2. The van der Waals surface area contributed by atoms with Crippen LogP contribution in [-0.2, 0) is 9.59 Å². The zero-order valence-electron chi connectivity index (χ0n) is 9.86. The zero-order valence-corrected chi connectivity index (χ0v) is 10.7. The minimum atomic E-state index is -0.831. The van der Waals surface area contributed by atoms with Crippen LogP contribution < -0.4 is 0 Å². The highest BCUT2D eigenvalue weighted by atomic mass is 32.2. The van der Waals surface area contributed by atoms with E-state index in [4.69, 9.17) is 5.11 Å². The highest BCUT2D eigenvalue weighted by Crippen LogP contribution is 2.29. The minimum absolute atomic E-state index is 0.0811. The lowest BCUT2D eigenvalue weighted by Gasteiger charge is -2.37. The smallest absolute Gasteiger partial charge is 0.303 e. The Hall–Kier alpha value is -0.710. The minimum Gasteiger partial charge on any atom is -0.481 e. The highest BCUT2D eigenvalue weighted by Gasteiger charge is 2.29. The van der Waals surface area contributed by atoms with Crippen LogP contribution in [0.5, 0.6) is 0 Å². The van der Waals surface area contributed by atoms with E-state index in [1.165, 1.54) is 0 Å². The van der Waals surface area contributed by atoms with Crippen LogP contribution in [0.25, 0.3) is 0 Å². The Morgan fingerprint density at radius 1 is 1.38 bits per heavy atom. The van der Waals surface area contributed by atoms with E-state index in [2.05, 4.69) is 13.8 Å². The molecule has 5 heteroatoms. The van der Waals surface area contributed by atoms with E-state index in [0.29, 0.717) is 12.8 Å². The average molecular weight is 245 g/mol. The van der Waals surface area contributed by atoms with E-state index in [-0.39, 0.29) is 17.1 Å². The maximum atomic E-state index is 11.8. The largest absolute Gasteiger partial charge is 0.481 e. The van der Waals surface area contributed by atoms with Crippen molar-refractivity contribution in [2.24, 2.45) is 0 Å². The van der Waals surface area contributed by atoms with Gasteiger partial charge in [-0.25, -0.2) is 0 Å². The number of thioether (sulfide) groups is 1. The SMILES string of the molecule is CC1(C)CN(C(=O)CCCC(=O)O)CCS1. The quantitative estimate of drug-likeness (QED) is 0.817. The van der Waals surface area contributed by atoms with E-state index in [9.17, 15) is 9.59 Å². The van der Waals surface area contributed by atoms with E-state index in [0.717, 1.165) is 18.8 Å². The van der Waals surface area contributed by atoms with Crippen LogP contribution >= 0.6 is 11.8 Å². The molecule has 1 aliphatic rings. The van der Waals surface area contributed by atoms with Gasteiger partial charge in [0.2, 0.25) is 5.91 Å². The molecular weight excluding hydrogens is 226 g/mol. The third kappa shape index (κ3) is 4.43. The molecule has 0 aromatic heterocycles. The lowest BCUT2D eigenvalue weighted by atomic mass is 10.1. The summed E-state index contributed by atoms with van der Waals surface area (Å²) in [6.07, 6.45) is 0.878. The van der Waals surface area contributed by atoms with Gasteiger partial charge in [-0.2, -0.15) is 11.8 Å². The van der Waals surface area contributed by atoms with Gasteiger partial charge in [0.05, 0.1) is 0 Å². The third-order valence-electron chi connectivity index (χ3n) is 2.56. The topological polar surface area (TPSA) is 57.6 Å². The van der Waals surface area contributed by atoms with E-state index in [1.807, 2.05) is 16.7 Å². The lowest BCUT2D eigenvalue weighted by Crippen LogP contribution is -2.46. The van der Waals surface area contributed by atoms with Crippen molar-refractivity contribution in [2.45, 2.75) is 37.9 Å². The van der Waals surface area contributed by atoms with Crippen LogP contribution in [-0.4, -0.2) is 45.5 Å². The van der Waals surface area contributed by atoms with Crippen molar-refractivity contribution in [3.63, 3.8) is 0 Å². The third-order valence-corrected chi connectivity index (χ3v) is 3.86. The first-order chi connectivity index (χ1) is 7.41. The Kier molecular flexibility index (Phi) is 4.65. The molecule has 16 heavy (non-hydrogen) atoms. The molecule has 1 saturated heterocycles. The summed E-state index contributed by atoms with van der Waals surface area (Å²) >= 11 is 1.88. The van der Waals surface area contributed by atoms with Crippen molar-refractivity contribution >= 4 is 23.6 Å². The summed E-state index contributed by atoms with van der Waals surface area (Å²) in [7, 11) is 0. The number of carbonyl (C=O) groups is 2. The molecule has 0 unspecified atom stereocenters. The number of rotatable bonds is 4. The molecule has 92 valence electrons. The number of carboxylic acids is 1. The molecule has 0 atom stereocenters. The molecule has 4 nitrogen and oxygen atoms in total. The van der Waals surface area contributed by atoms with Gasteiger partial charge in [-0.1, -0.05) is 0 Å². The normalized spacial score (nSPS) is 19.5. The average Bonchev–Trinajstić information content (AvgIpc) is 2.15. The number of carbonyl (C=O) groups excluding carboxylic acids is 1. The molecule has 1 N–H and O–H groups in total. The second-order valence-electron chi connectivity index (χ2n) is 4.67. The lowest BCUT2D eigenvalue weighted by molar-refractivity contribution is -0.137. The molecule has 0 bridgehead atoms. The first-order valence-electron chi connectivity index (χ1n) is 5.54. The summed E-state index contributed by atoms with van der Waals surface area (Å²) in [5.74, 6) is 0.231. The molecule has 1 fully saturated rings. The molecule has 1 aliphatic heterocycles. The molecule has 0 aliphatic carbocycles. The van der Waals surface area contributed by atoms with Gasteiger partial charge in [0.1, 0.15) is 0 Å². The fourth-order valence-electron chi connectivity index (χ4n) is 1.78. The van der Waals surface area contributed by atoms with Crippen LogP contribution in [0.15, 0.2) is 0 Å². The summed E-state index contributed by atoms with van der Waals surface area (Å²) in [4.78, 5) is 24.0. The predicted octanol–water partition coefficient (Wildman–Crippen LogP) is 1.60. The molecule has 0 spiro atoms. The van der Waals surface area contributed by atoms with Gasteiger partial charge >= 0.3 is 5.97 Å². The Balaban J connectivity index is 2.33. The van der Waals surface area contributed by atoms with Crippen molar-refractivity contribution in [1.29, 1.82) is 0 Å².